The van der Waals surface area contributed by atoms with Crippen molar-refractivity contribution in [2.45, 2.75) is 39.3 Å². The molecule has 0 aliphatic rings. The van der Waals surface area contributed by atoms with Gasteiger partial charge in [-0.1, -0.05) is 6.92 Å². The molecule has 0 fully saturated rings. The number of rotatable bonds is 9. The molecule has 0 spiro atoms. The summed E-state index contributed by atoms with van der Waals surface area (Å²) in [5, 5.41) is 4.27. The molecule has 0 saturated heterocycles. The van der Waals surface area contributed by atoms with Crippen LogP contribution < -0.4 is 16.0 Å². The van der Waals surface area contributed by atoms with Gasteiger partial charge in [0, 0.05) is 19.8 Å². The normalized spacial score (nSPS) is 12.7. The van der Waals surface area contributed by atoms with Crippen LogP contribution in [0.25, 0.3) is 0 Å². The van der Waals surface area contributed by atoms with Crippen molar-refractivity contribution >= 4 is 0 Å². The van der Waals surface area contributed by atoms with E-state index in [1.165, 1.54) is 0 Å². The molecule has 1 rings (SSSR count). The maximum absolute atomic E-state index is 5.62. The maximum atomic E-state index is 5.62. The van der Waals surface area contributed by atoms with E-state index in [4.69, 9.17) is 15.3 Å². The van der Waals surface area contributed by atoms with Gasteiger partial charge in [0.15, 0.2) is 5.75 Å². The lowest BCUT2D eigenvalue weighted by molar-refractivity contribution is 0.123. The highest BCUT2D eigenvalue weighted by Crippen LogP contribution is 2.26. The second-order valence-electron chi connectivity index (χ2n) is 4.03. The van der Waals surface area contributed by atoms with E-state index in [0.717, 1.165) is 37.4 Å². The fraction of sp³-hybridized carbons (Fsp3) is 0.750. The quantitative estimate of drug-likeness (QED) is 0.395. The molecular weight excluding hydrogens is 232 g/mol. The lowest BCUT2D eigenvalue weighted by Gasteiger charge is -2.18. The van der Waals surface area contributed by atoms with Gasteiger partial charge in [0.1, 0.15) is 0 Å². The topological polar surface area (TPSA) is 74.3 Å². The van der Waals surface area contributed by atoms with Crippen LogP contribution in [0.15, 0.2) is 6.20 Å². The summed E-state index contributed by atoms with van der Waals surface area (Å²) in [7, 11) is 1.64. The van der Waals surface area contributed by atoms with E-state index in [1.807, 2.05) is 11.6 Å². The number of hydrazine groups is 1. The zero-order valence-electron chi connectivity index (χ0n) is 11.5. The summed E-state index contributed by atoms with van der Waals surface area (Å²) in [6.45, 7) is 6.36. The van der Waals surface area contributed by atoms with Crippen molar-refractivity contribution in [2.75, 3.05) is 20.3 Å². The second kappa shape index (κ2) is 8.07. The van der Waals surface area contributed by atoms with E-state index in [9.17, 15) is 0 Å². The van der Waals surface area contributed by atoms with Gasteiger partial charge in [-0.05, 0) is 19.8 Å². The van der Waals surface area contributed by atoms with E-state index >= 15 is 0 Å². The lowest BCUT2D eigenvalue weighted by atomic mass is 10.1. The molecular formula is C12H24N4O2. The minimum Gasteiger partial charge on any atom is -0.493 e. The van der Waals surface area contributed by atoms with E-state index in [2.05, 4.69) is 17.4 Å². The van der Waals surface area contributed by atoms with Crippen LogP contribution in [0.4, 0.5) is 0 Å². The first-order valence-corrected chi connectivity index (χ1v) is 6.41. The predicted molar refractivity (Wildman–Crippen MR) is 70.2 cm³/mol. The molecule has 0 radical (unpaired) electrons. The number of hydrogen-bond donors (Lipinski definition) is 2. The molecule has 18 heavy (non-hydrogen) atoms. The Morgan fingerprint density at radius 1 is 1.44 bits per heavy atom. The number of aromatic nitrogens is 2. The number of ether oxygens (including phenoxy) is 2. The SMILES string of the molecule is CCCOCCC(NN)c1c(OC)cnn1CC. The lowest BCUT2D eigenvalue weighted by Crippen LogP contribution is -2.31. The summed E-state index contributed by atoms with van der Waals surface area (Å²) >= 11 is 0. The second-order valence-corrected chi connectivity index (χ2v) is 4.03. The van der Waals surface area contributed by atoms with E-state index in [1.54, 1.807) is 13.3 Å². The van der Waals surface area contributed by atoms with Crippen molar-refractivity contribution in [1.29, 1.82) is 0 Å². The third-order valence-electron chi connectivity index (χ3n) is 2.79. The number of nitrogens with two attached hydrogens (primary N) is 1. The number of hydrogen-bond acceptors (Lipinski definition) is 5. The van der Waals surface area contributed by atoms with Crippen molar-refractivity contribution in [2.24, 2.45) is 5.84 Å². The smallest absolute Gasteiger partial charge is 0.161 e. The molecule has 0 saturated carbocycles. The zero-order valence-corrected chi connectivity index (χ0v) is 11.5. The molecule has 0 amide bonds. The third kappa shape index (κ3) is 3.69. The molecule has 1 heterocycles. The van der Waals surface area contributed by atoms with Crippen LogP contribution in [-0.4, -0.2) is 30.1 Å². The number of aryl methyl sites for hydroxylation is 1. The van der Waals surface area contributed by atoms with Gasteiger partial charge in [0.05, 0.1) is 25.0 Å². The number of nitrogens with one attached hydrogen (secondary N) is 1. The Labute approximate surface area is 108 Å². The maximum Gasteiger partial charge on any atom is 0.161 e. The average molecular weight is 256 g/mol. The molecule has 6 heteroatoms. The minimum atomic E-state index is -0.0146. The zero-order chi connectivity index (χ0) is 13.4. The first-order chi connectivity index (χ1) is 8.78. The Morgan fingerprint density at radius 3 is 2.78 bits per heavy atom. The van der Waals surface area contributed by atoms with Gasteiger partial charge in [-0.2, -0.15) is 5.10 Å². The molecule has 0 bridgehead atoms. The fourth-order valence-electron chi connectivity index (χ4n) is 1.89. The molecule has 104 valence electrons. The number of nitrogens with zero attached hydrogens (tertiary/aromatic N) is 2. The first kappa shape index (κ1) is 14.9. The Kier molecular flexibility index (Phi) is 6.70. The van der Waals surface area contributed by atoms with Crippen molar-refractivity contribution in [3.63, 3.8) is 0 Å². The summed E-state index contributed by atoms with van der Waals surface area (Å²) in [6, 6.07) is -0.0146. The Hall–Kier alpha value is -1.11. The third-order valence-corrected chi connectivity index (χ3v) is 2.79. The van der Waals surface area contributed by atoms with E-state index < -0.39 is 0 Å². The van der Waals surface area contributed by atoms with Crippen LogP contribution >= 0.6 is 0 Å². The highest BCUT2D eigenvalue weighted by atomic mass is 16.5. The highest BCUT2D eigenvalue weighted by molar-refractivity contribution is 5.28. The standard InChI is InChI=1S/C12H24N4O2/c1-4-7-18-8-6-10(15-13)12-11(17-3)9-14-16(12)5-2/h9-10,15H,4-8,13H2,1-3H3. The van der Waals surface area contributed by atoms with Crippen molar-refractivity contribution in [3.05, 3.63) is 11.9 Å². The van der Waals surface area contributed by atoms with E-state index in [0.29, 0.717) is 6.61 Å². The van der Waals surface area contributed by atoms with Crippen LogP contribution in [-0.2, 0) is 11.3 Å². The Balaban J connectivity index is 2.70. The molecule has 0 aliphatic carbocycles. The van der Waals surface area contributed by atoms with Gasteiger partial charge in [-0.3, -0.25) is 16.0 Å². The van der Waals surface area contributed by atoms with Crippen LogP contribution in [0.5, 0.6) is 5.75 Å². The highest BCUT2D eigenvalue weighted by Gasteiger charge is 2.20. The molecule has 1 unspecified atom stereocenters. The van der Waals surface area contributed by atoms with Gasteiger partial charge >= 0.3 is 0 Å². The molecule has 1 atom stereocenters. The fourth-order valence-corrected chi connectivity index (χ4v) is 1.89. The van der Waals surface area contributed by atoms with Crippen LogP contribution in [0.2, 0.25) is 0 Å². The number of methoxy groups -OCH3 is 1. The molecule has 3 N–H and O–H groups in total. The van der Waals surface area contributed by atoms with Gasteiger partial charge in [0.2, 0.25) is 0 Å². The average Bonchev–Trinajstić information content (AvgIpc) is 2.82. The van der Waals surface area contributed by atoms with Crippen molar-refractivity contribution in [3.8, 4) is 5.75 Å². The largest absolute Gasteiger partial charge is 0.493 e. The summed E-state index contributed by atoms with van der Waals surface area (Å²) in [5.74, 6) is 6.38. The summed E-state index contributed by atoms with van der Waals surface area (Å²) in [5.41, 5.74) is 3.78. The van der Waals surface area contributed by atoms with Crippen molar-refractivity contribution < 1.29 is 9.47 Å². The van der Waals surface area contributed by atoms with Crippen LogP contribution in [0.3, 0.4) is 0 Å². The minimum absolute atomic E-state index is 0.0146. The molecule has 0 aliphatic heterocycles. The van der Waals surface area contributed by atoms with Crippen LogP contribution in [0.1, 0.15) is 38.4 Å². The van der Waals surface area contributed by atoms with Gasteiger partial charge in [0.25, 0.3) is 0 Å². The van der Waals surface area contributed by atoms with E-state index in [-0.39, 0.29) is 6.04 Å². The van der Waals surface area contributed by atoms with Gasteiger partial charge in [-0.15, -0.1) is 0 Å². The molecule has 1 aromatic heterocycles. The van der Waals surface area contributed by atoms with Crippen LogP contribution in [0, 0.1) is 0 Å². The van der Waals surface area contributed by atoms with Gasteiger partial charge < -0.3 is 9.47 Å². The monoisotopic (exact) mass is 256 g/mol. The van der Waals surface area contributed by atoms with Crippen molar-refractivity contribution in [1.82, 2.24) is 15.2 Å². The Bertz CT molecular complexity index is 319. The molecule has 6 nitrogen and oxygen atoms in total. The molecule has 0 aromatic carbocycles. The summed E-state index contributed by atoms with van der Waals surface area (Å²) < 4.78 is 12.7. The predicted octanol–water partition coefficient (Wildman–Crippen LogP) is 1.23. The molecule has 1 aromatic rings. The summed E-state index contributed by atoms with van der Waals surface area (Å²) in [6.07, 6.45) is 3.53. The first-order valence-electron chi connectivity index (χ1n) is 6.41. The van der Waals surface area contributed by atoms with Gasteiger partial charge in [-0.25, -0.2) is 0 Å². The summed E-state index contributed by atoms with van der Waals surface area (Å²) in [4.78, 5) is 0. The Morgan fingerprint density at radius 2 is 2.22 bits per heavy atom.